The van der Waals surface area contributed by atoms with Crippen LogP contribution in [0.5, 0.6) is 0 Å². The predicted octanol–water partition coefficient (Wildman–Crippen LogP) is 1.27. The molecule has 2 nitrogen and oxygen atoms in total. The molecule has 0 saturated heterocycles. The van der Waals surface area contributed by atoms with Crippen LogP contribution in [-0.4, -0.2) is 19.8 Å². The van der Waals surface area contributed by atoms with Gasteiger partial charge in [-0.3, -0.25) is 0 Å². The van der Waals surface area contributed by atoms with Crippen LogP contribution in [0.4, 0.5) is 0 Å². The average molecular weight is 136 g/mol. The largest absolute Gasteiger partial charge is 0.379 e. The van der Waals surface area contributed by atoms with Crippen molar-refractivity contribution in [1.82, 2.24) is 0 Å². The molecule has 0 bridgehead atoms. The van der Waals surface area contributed by atoms with Crippen molar-refractivity contribution in [3.8, 4) is 0 Å². The van der Waals surface area contributed by atoms with Crippen molar-refractivity contribution in [1.29, 1.82) is 0 Å². The molecule has 0 unspecified atom stereocenters. The molecule has 0 aromatic rings. The molecule has 0 heterocycles. The molecular formula is C5H12O2S. The van der Waals surface area contributed by atoms with Crippen molar-refractivity contribution in [2.24, 2.45) is 0 Å². The lowest BCUT2D eigenvalue weighted by atomic mass is 10.5. The van der Waals surface area contributed by atoms with Gasteiger partial charge in [0.1, 0.15) is 0 Å². The predicted molar refractivity (Wildman–Crippen MR) is 36.0 cm³/mol. The summed E-state index contributed by atoms with van der Waals surface area (Å²) in [6.07, 6.45) is 1.06. The van der Waals surface area contributed by atoms with E-state index in [1.54, 1.807) is 0 Å². The molecule has 50 valence electrons. The first-order valence-electron chi connectivity index (χ1n) is 2.76. The first-order valence-corrected chi connectivity index (χ1v) is 3.12. The molecule has 0 fully saturated rings. The molecule has 0 amide bonds. The maximum Gasteiger partial charge on any atom is 0.0844 e. The smallest absolute Gasteiger partial charge is 0.0844 e. The summed E-state index contributed by atoms with van der Waals surface area (Å²) in [4.78, 5) is 0. The lowest BCUT2D eigenvalue weighted by molar-refractivity contribution is 0.108. The fourth-order valence-corrected chi connectivity index (χ4v) is 0.417. The Balaban J connectivity index is 2.53. The van der Waals surface area contributed by atoms with Crippen molar-refractivity contribution in [3.63, 3.8) is 0 Å². The van der Waals surface area contributed by atoms with Gasteiger partial charge in [0.25, 0.3) is 0 Å². The third-order valence-corrected chi connectivity index (χ3v) is 0.850. The van der Waals surface area contributed by atoms with E-state index in [2.05, 4.69) is 24.0 Å². The first kappa shape index (κ1) is 8.27. The molecule has 0 aromatic carbocycles. The summed E-state index contributed by atoms with van der Waals surface area (Å²) in [6, 6.07) is 0. The maximum absolute atomic E-state index is 5.05. The molecular weight excluding hydrogens is 124 g/mol. The average Bonchev–Trinajstić information content (AvgIpc) is 1.81. The lowest BCUT2D eigenvalue weighted by Crippen LogP contribution is -1.99. The van der Waals surface area contributed by atoms with Gasteiger partial charge in [0.2, 0.25) is 0 Å². The quantitative estimate of drug-likeness (QED) is 0.348. The summed E-state index contributed by atoms with van der Waals surface area (Å²) in [7, 11) is 0. The molecule has 0 N–H and O–H groups in total. The third kappa shape index (κ3) is 6.27. The summed E-state index contributed by atoms with van der Waals surface area (Å²) in [5.41, 5.74) is 0. The van der Waals surface area contributed by atoms with Gasteiger partial charge in [-0.2, -0.15) is 0 Å². The van der Waals surface area contributed by atoms with E-state index in [4.69, 9.17) is 4.74 Å². The highest BCUT2D eigenvalue weighted by atomic mass is 32.1. The van der Waals surface area contributed by atoms with Gasteiger partial charge in [-0.25, -0.2) is 0 Å². The summed E-state index contributed by atoms with van der Waals surface area (Å²) in [5.74, 6) is 0. The van der Waals surface area contributed by atoms with Gasteiger partial charge in [0, 0.05) is 6.61 Å². The second-order valence-electron chi connectivity index (χ2n) is 1.45. The van der Waals surface area contributed by atoms with Crippen molar-refractivity contribution < 1.29 is 8.92 Å². The zero-order valence-corrected chi connectivity index (χ0v) is 5.99. The summed E-state index contributed by atoms with van der Waals surface area (Å²) in [5, 5.41) is 0. The lowest BCUT2D eigenvalue weighted by Gasteiger charge is -1.97. The Kier molecular flexibility index (Phi) is 7.52. The number of ether oxygens (including phenoxy) is 1. The molecule has 0 aliphatic heterocycles. The first-order chi connectivity index (χ1) is 3.91. The second-order valence-corrected chi connectivity index (χ2v) is 1.70. The van der Waals surface area contributed by atoms with E-state index in [9.17, 15) is 0 Å². The zero-order chi connectivity index (χ0) is 6.24. The highest BCUT2D eigenvalue weighted by Crippen LogP contribution is 1.82. The highest BCUT2D eigenvalue weighted by Gasteiger charge is 1.82. The normalized spacial score (nSPS) is 9.75. The van der Waals surface area contributed by atoms with Crippen molar-refractivity contribution >= 4 is 12.9 Å². The third-order valence-electron chi connectivity index (χ3n) is 0.667. The summed E-state index contributed by atoms with van der Waals surface area (Å²) >= 11 is 3.54. The van der Waals surface area contributed by atoms with Crippen LogP contribution in [0.1, 0.15) is 13.3 Å². The fraction of sp³-hybridized carbons (Fsp3) is 1.00. The Morgan fingerprint density at radius 1 is 1.25 bits per heavy atom. The Morgan fingerprint density at radius 2 is 2.00 bits per heavy atom. The van der Waals surface area contributed by atoms with Crippen molar-refractivity contribution in [2.45, 2.75) is 13.3 Å². The van der Waals surface area contributed by atoms with E-state index in [0.29, 0.717) is 13.2 Å². The van der Waals surface area contributed by atoms with Gasteiger partial charge < -0.3 is 8.92 Å². The number of hydrogen-bond acceptors (Lipinski definition) is 3. The fourth-order valence-electron chi connectivity index (χ4n) is 0.343. The maximum atomic E-state index is 5.05. The monoisotopic (exact) mass is 136 g/mol. The van der Waals surface area contributed by atoms with E-state index in [-0.39, 0.29) is 0 Å². The van der Waals surface area contributed by atoms with E-state index in [1.807, 2.05) is 0 Å². The van der Waals surface area contributed by atoms with E-state index >= 15 is 0 Å². The highest BCUT2D eigenvalue weighted by molar-refractivity contribution is 7.75. The molecule has 8 heavy (non-hydrogen) atoms. The van der Waals surface area contributed by atoms with Crippen LogP contribution in [0, 0.1) is 0 Å². The minimum Gasteiger partial charge on any atom is -0.379 e. The SMILES string of the molecule is CCCOCCOS. The molecule has 3 heteroatoms. The Labute approximate surface area is 55.8 Å². The number of thiol groups is 1. The second kappa shape index (κ2) is 7.27. The molecule has 0 aliphatic rings. The van der Waals surface area contributed by atoms with Gasteiger partial charge in [-0.15, -0.1) is 0 Å². The van der Waals surface area contributed by atoms with E-state index in [0.717, 1.165) is 13.0 Å². The van der Waals surface area contributed by atoms with Gasteiger partial charge in [0.15, 0.2) is 0 Å². The van der Waals surface area contributed by atoms with Gasteiger partial charge in [0.05, 0.1) is 13.2 Å². The summed E-state index contributed by atoms with van der Waals surface area (Å²) < 4.78 is 9.51. The van der Waals surface area contributed by atoms with Gasteiger partial charge in [-0.05, 0) is 19.3 Å². The standard InChI is InChI=1S/C5H12O2S/c1-2-3-6-4-5-7-8/h8H,2-5H2,1H3. The van der Waals surface area contributed by atoms with Crippen LogP contribution < -0.4 is 0 Å². The molecule has 0 rings (SSSR count). The summed E-state index contributed by atoms with van der Waals surface area (Å²) in [6.45, 7) is 4.11. The minimum atomic E-state index is 0.573. The zero-order valence-electron chi connectivity index (χ0n) is 5.09. The van der Waals surface area contributed by atoms with Crippen LogP contribution in [-0.2, 0) is 8.92 Å². The topological polar surface area (TPSA) is 18.5 Å². The van der Waals surface area contributed by atoms with Gasteiger partial charge >= 0.3 is 0 Å². The Hall–Kier alpha value is 0.270. The Bertz CT molecular complexity index is 35.4. The molecule has 0 aromatic heterocycles. The van der Waals surface area contributed by atoms with Crippen LogP contribution >= 0.6 is 12.9 Å². The van der Waals surface area contributed by atoms with Crippen molar-refractivity contribution in [2.75, 3.05) is 19.8 Å². The molecule has 0 atom stereocenters. The van der Waals surface area contributed by atoms with Crippen molar-refractivity contribution in [3.05, 3.63) is 0 Å². The number of rotatable bonds is 5. The van der Waals surface area contributed by atoms with Crippen LogP contribution in [0.25, 0.3) is 0 Å². The minimum absolute atomic E-state index is 0.573. The van der Waals surface area contributed by atoms with Crippen LogP contribution in [0.3, 0.4) is 0 Å². The van der Waals surface area contributed by atoms with Crippen LogP contribution in [0.15, 0.2) is 0 Å². The van der Waals surface area contributed by atoms with Crippen LogP contribution in [0.2, 0.25) is 0 Å². The van der Waals surface area contributed by atoms with E-state index in [1.165, 1.54) is 0 Å². The molecule has 0 aliphatic carbocycles. The molecule has 0 spiro atoms. The molecule has 0 radical (unpaired) electrons. The number of hydrogen-bond donors (Lipinski definition) is 1. The molecule has 0 saturated carbocycles. The van der Waals surface area contributed by atoms with E-state index < -0.39 is 0 Å². The van der Waals surface area contributed by atoms with Gasteiger partial charge in [-0.1, -0.05) is 6.92 Å². The Morgan fingerprint density at radius 3 is 2.50 bits per heavy atom.